The van der Waals surface area contributed by atoms with E-state index in [9.17, 15) is 9.90 Å². The van der Waals surface area contributed by atoms with Gasteiger partial charge in [0.25, 0.3) is 5.91 Å². The lowest BCUT2D eigenvalue weighted by atomic mass is 10.1. The minimum atomic E-state index is -0.531. The molecule has 1 saturated heterocycles. The molecule has 1 amide bonds. The van der Waals surface area contributed by atoms with E-state index < -0.39 is 6.04 Å². The highest BCUT2D eigenvalue weighted by atomic mass is 35.5. The van der Waals surface area contributed by atoms with E-state index in [2.05, 4.69) is 20.9 Å². The van der Waals surface area contributed by atoms with Crippen molar-refractivity contribution in [3.63, 3.8) is 0 Å². The molecule has 3 aromatic rings. The Morgan fingerprint density at radius 2 is 2.23 bits per heavy atom. The molecule has 2 atom stereocenters. The van der Waals surface area contributed by atoms with Gasteiger partial charge in [0.1, 0.15) is 5.82 Å². The second-order valence-corrected chi connectivity index (χ2v) is 7.74. The zero-order chi connectivity index (χ0) is 20.9. The van der Waals surface area contributed by atoms with Gasteiger partial charge in [-0.05, 0) is 42.8 Å². The maximum Gasteiger partial charge on any atom is 0.253 e. The lowest BCUT2D eigenvalue weighted by molar-refractivity contribution is 0.0916. The number of carbonyl (C=O) groups is 1. The Labute approximate surface area is 180 Å². The van der Waals surface area contributed by atoms with Crippen LogP contribution in [0.5, 0.6) is 0 Å². The Morgan fingerprint density at radius 3 is 3.00 bits per heavy atom. The molecular formula is C22H24ClN5O2. The summed E-state index contributed by atoms with van der Waals surface area (Å²) in [5, 5.41) is 19.9. The van der Waals surface area contributed by atoms with Gasteiger partial charge in [0, 0.05) is 42.3 Å². The van der Waals surface area contributed by atoms with Crippen LogP contribution in [-0.4, -0.2) is 46.3 Å². The van der Waals surface area contributed by atoms with E-state index in [4.69, 9.17) is 11.6 Å². The third-order valence-corrected chi connectivity index (χ3v) is 5.38. The number of nitrogens with one attached hydrogen (secondary N) is 3. The SMILES string of the molecule is O=C(NC(CO)c1cccc(Cl)c1)c1ccn(-c2ccnc(NC3CCNC3)c2)c1. The molecule has 0 bridgehead atoms. The van der Waals surface area contributed by atoms with Gasteiger partial charge in [-0.25, -0.2) is 4.98 Å². The van der Waals surface area contributed by atoms with Crippen molar-refractivity contribution in [3.05, 3.63) is 77.2 Å². The van der Waals surface area contributed by atoms with Gasteiger partial charge in [-0.3, -0.25) is 4.79 Å². The molecule has 2 aromatic heterocycles. The van der Waals surface area contributed by atoms with Crippen LogP contribution in [0.15, 0.2) is 61.1 Å². The van der Waals surface area contributed by atoms with Crippen LogP contribution in [-0.2, 0) is 0 Å². The molecule has 1 aromatic carbocycles. The molecule has 8 heteroatoms. The van der Waals surface area contributed by atoms with E-state index in [-0.39, 0.29) is 12.5 Å². The molecule has 4 N–H and O–H groups in total. The fourth-order valence-corrected chi connectivity index (χ4v) is 3.74. The van der Waals surface area contributed by atoms with Crippen molar-refractivity contribution in [3.8, 4) is 5.69 Å². The van der Waals surface area contributed by atoms with Crippen LogP contribution in [0, 0.1) is 0 Å². The lowest BCUT2D eigenvalue weighted by Crippen LogP contribution is -2.30. The molecule has 3 heterocycles. The summed E-state index contributed by atoms with van der Waals surface area (Å²) in [7, 11) is 0. The zero-order valence-corrected chi connectivity index (χ0v) is 17.1. The van der Waals surface area contributed by atoms with Crippen molar-refractivity contribution in [1.82, 2.24) is 20.2 Å². The van der Waals surface area contributed by atoms with Crippen LogP contribution in [0.4, 0.5) is 5.82 Å². The second-order valence-electron chi connectivity index (χ2n) is 7.30. The summed E-state index contributed by atoms with van der Waals surface area (Å²) >= 11 is 6.03. The van der Waals surface area contributed by atoms with Crippen LogP contribution in [0.25, 0.3) is 5.69 Å². The number of rotatable bonds is 7. The summed E-state index contributed by atoms with van der Waals surface area (Å²) in [5.41, 5.74) is 2.16. The number of carbonyl (C=O) groups excluding carboxylic acids is 1. The predicted octanol–water partition coefficient (Wildman–Crippen LogP) is 2.76. The Morgan fingerprint density at radius 1 is 1.33 bits per heavy atom. The topological polar surface area (TPSA) is 91.2 Å². The van der Waals surface area contributed by atoms with Gasteiger partial charge < -0.3 is 25.6 Å². The fraction of sp³-hybridized carbons (Fsp3) is 0.273. The molecule has 30 heavy (non-hydrogen) atoms. The van der Waals surface area contributed by atoms with Crippen molar-refractivity contribution < 1.29 is 9.90 Å². The summed E-state index contributed by atoms with van der Waals surface area (Å²) in [6.45, 7) is 1.72. The minimum absolute atomic E-state index is 0.220. The summed E-state index contributed by atoms with van der Waals surface area (Å²) in [6, 6.07) is 12.5. The van der Waals surface area contributed by atoms with Gasteiger partial charge in [0.15, 0.2) is 0 Å². The molecule has 156 valence electrons. The summed E-state index contributed by atoms with van der Waals surface area (Å²) in [5.74, 6) is 0.541. The highest BCUT2D eigenvalue weighted by molar-refractivity contribution is 6.30. The first-order valence-electron chi connectivity index (χ1n) is 9.91. The largest absolute Gasteiger partial charge is 0.394 e. The molecule has 1 aliphatic heterocycles. The number of nitrogens with zero attached hydrogens (tertiary/aromatic N) is 2. The van der Waals surface area contributed by atoms with Crippen molar-refractivity contribution >= 4 is 23.3 Å². The molecule has 0 spiro atoms. The van der Waals surface area contributed by atoms with Gasteiger partial charge in [-0.2, -0.15) is 0 Å². The van der Waals surface area contributed by atoms with Crippen LogP contribution in [0.2, 0.25) is 5.02 Å². The highest BCUT2D eigenvalue weighted by Crippen LogP contribution is 2.19. The van der Waals surface area contributed by atoms with Crippen LogP contribution in [0.3, 0.4) is 0 Å². The van der Waals surface area contributed by atoms with Crippen molar-refractivity contribution in [1.29, 1.82) is 0 Å². The maximum absolute atomic E-state index is 12.7. The monoisotopic (exact) mass is 425 g/mol. The van der Waals surface area contributed by atoms with E-state index in [0.717, 1.165) is 36.6 Å². The quantitative estimate of drug-likeness (QED) is 0.467. The number of amides is 1. The minimum Gasteiger partial charge on any atom is -0.394 e. The normalized spacial score (nSPS) is 16.9. The smallest absolute Gasteiger partial charge is 0.253 e. The molecule has 0 aliphatic carbocycles. The molecule has 1 aliphatic rings. The first-order valence-corrected chi connectivity index (χ1v) is 10.3. The van der Waals surface area contributed by atoms with Crippen molar-refractivity contribution in [2.75, 3.05) is 25.0 Å². The summed E-state index contributed by atoms with van der Waals surface area (Å²) in [6.07, 6.45) is 6.41. The summed E-state index contributed by atoms with van der Waals surface area (Å²) in [4.78, 5) is 17.1. The van der Waals surface area contributed by atoms with Gasteiger partial charge in [-0.15, -0.1) is 0 Å². The lowest BCUT2D eigenvalue weighted by Gasteiger charge is -2.16. The third kappa shape index (κ3) is 4.81. The molecular weight excluding hydrogens is 402 g/mol. The van der Waals surface area contributed by atoms with E-state index in [0.29, 0.717) is 16.6 Å². The van der Waals surface area contributed by atoms with Gasteiger partial charge in [0.05, 0.1) is 23.9 Å². The Hall–Kier alpha value is -2.87. The standard InChI is InChI=1S/C22H24ClN5O2/c23-17-3-1-2-15(10-17)20(14-29)27-22(30)16-6-9-28(13-16)19-5-8-25-21(11-19)26-18-4-7-24-12-18/h1-3,5-6,8-11,13,18,20,24,29H,4,7,12,14H2,(H,25,26)(H,27,30). The first kappa shape index (κ1) is 20.4. The molecule has 0 saturated carbocycles. The first-order chi connectivity index (χ1) is 14.6. The Kier molecular flexibility index (Phi) is 6.32. The van der Waals surface area contributed by atoms with Crippen LogP contribution in [0.1, 0.15) is 28.4 Å². The number of aromatic nitrogens is 2. The van der Waals surface area contributed by atoms with Crippen molar-refractivity contribution in [2.24, 2.45) is 0 Å². The number of pyridine rings is 1. The maximum atomic E-state index is 12.7. The number of hydrogen-bond donors (Lipinski definition) is 4. The fourth-order valence-electron chi connectivity index (χ4n) is 3.54. The number of benzene rings is 1. The van der Waals surface area contributed by atoms with Crippen LogP contribution < -0.4 is 16.0 Å². The van der Waals surface area contributed by atoms with Gasteiger partial charge in [-0.1, -0.05) is 23.7 Å². The zero-order valence-electron chi connectivity index (χ0n) is 16.4. The van der Waals surface area contributed by atoms with E-state index in [1.165, 1.54) is 0 Å². The molecule has 7 nitrogen and oxygen atoms in total. The Bertz CT molecular complexity index is 1020. The third-order valence-electron chi connectivity index (χ3n) is 5.15. The van der Waals surface area contributed by atoms with Gasteiger partial charge >= 0.3 is 0 Å². The summed E-state index contributed by atoms with van der Waals surface area (Å²) < 4.78 is 1.88. The van der Waals surface area contributed by atoms with E-state index >= 15 is 0 Å². The van der Waals surface area contributed by atoms with Crippen molar-refractivity contribution in [2.45, 2.75) is 18.5 Å². The molecule has 2 unspecified atom stereocenters. The molecule has 0 radical (unpaired) electrons. The van der Waals surface area contributed by atoms with E-state index in [1.54, 1.807) is 36.7 Å². The number of aliphatic hydroxyl groups excluding tert-OH is 1. The van der Waals surface area contributed by atoms with Gasteiger partial charge in [0.2, 0.25) is 0 Å². The number of aliphatic hydroxyl groups is 1. The number of halogens is 1. The number of hydrogen-bond acceptors (Lipinski definition) is 5. The van der Waals surface area contributed by atoms with E-state index in [1.807, 2.05) is 29.0 Å². The van der Waals surface area contributed by atoms with Crippen LogP contribution >= 0.6 is 11.6 Å². The second kappa shape index (κ2) is 9.30. The molecule has 1 fully saturated rings. The highest BCUT2D eigenvalue weighted by Gasteiger charge is 2.17. The number of anilines is 1. The average Bonchev–Trinajstić information content (AvgIpc) is 3.44. The molecule has 4 rings (SSSR count). The average molecular weight is 426 g/mol. The predicted molar refractivity (Wildman–Crippen MR) is 117 cm³/mol. The Balaban J connectivity index is 1.46.